The number of aromatic nitrogens is 1. The Morgan fingerprint density at radius 2 is 2.07 bits per heavy atom. The number of rotatable bonds is 1. The number of phenols is 1. The lowest BCUT2D eigenvalue weighted by Gasteiger charge is -2.53. The van der Waals surface area contributed by atoms with Crippen molar-refractivity contribution in [1.82, 2.24) is 9.88 Å². The zero-order chi connectivity index (χ0) is 20.0. The minimum absolute atomic E-state index is 0.0287. The molecule has 0 saturated carbocycles. The first kappa shape index (κ1) is 18.4. The lowest BCUT2D eigenvalue weighted by atomic mass is 9.70. The van der Waals surface area contributed by atoms with Crippen LogP contribution in [0.5, 0.6) is 11.5 Å². The molecular weight excluding hydrogens is 368 g/mol. The van der Waals surface area contributed by atoms with Gasteiger partial charge in [0.25, 0.3) is 5.91 Å². The van der Waals surface area contributed by atoms with Gasteiger partial charge in [-0.2, -0.15) is 0 Å². The molecule has 29 heavy (non-hydrogen) atoms. The smallest absolute Gasteiger partial charge is 0.255 e. The molecule has 2 aromatic rings. The van der Waals surface area contributed by atoms with Crippen molar-refractivity contribution in [1.29, 1.82) is 0 Å². The Kier molecular flexibility index (Phi) is 4.46. The Hall–Kier alpha value is -2.60. The first-order valence-corrected chi connectivity index (χ1v) is 10.4. The molecule has 1 amide bonds. The number of aromatic hydroxyl groups is 1. The first-order chi connectivity index (χ1) is 14.1. The third kappa shape index (κ3) is 2.97. The molecule has 1 N–H and O–H groups in total. The molecule has 3 aliphatic heterocycles. The number of piperidine rings is 1. The number of phenolic OH excluding ortho intramolecular Hbond substituents is 1. The number of nitrogens with zero attached hydrogens (tertiary/aromatic N) is 2. The number of aryl methyl sites for hydroxylation is 1. The highest BCUT2D eigenvalue weighted by atomic mass is 16.5. The van der Waals surface area contributed by atoms with Crippen molar-refractivity contribution in [2.75, 3.05) is 19.7 Å². The number of pyridine rings is 1. The van der Waals surface area contributed by atoms with Crippen LogP contribution in [0.1, 0.15) is 53.4 Å². The zero-order valence-electron chi connectivity index (χ0n) is 16.6. The molecule has 0 radical (unpaired) electrons. The number of para-hydroxylation sites is 1. The Morgan fingerprint density at radius 3 is 2.86 bits per heavy atom. The van der Waals surface area contributed by atoms with Gasteiger partial charge < -0.3 is 19.5 Å². The van der Waals surface area contributed by atoms with E-state index in [0.717, 1.165) is 43.5 Å². The van der Waals surface area contributed by atoms with Gasteiger partial charge in [0.15, 0.2) is 11.5 Å². The lowest BCUT2D eigenvalue weighted by molar-refractivity contribution is -0.147. The van der Waals surface area contributed by atoms with Crippen LogP contribution in [-0.4, -0.2) is 46.2 Å². The number of ether oxygens (including phenoxy) is 2. The standard InChI is InChI=1S/C23H26N2O4/c1-15-16(6-3-11-24-15)22(27)25-12-9-23(10-13-25)18-7-4-14-28-20(18)17-5-2-8-19(26)21(17)29-23/h2-3,5-6,8,11,18,20,26H,4,7,9-10,12-14H2,1H3/t18-,20+/m0/s1. The van der Waals surface area contributed by atoms with E-state index in [-0.39, 0.29) is 23.7 Å². The Balaban J connectivity index is 1.41. The fraction of sp³-hybridized carbons (Fsp3) is 0.478. The molecule has 5 rings (SSSR count). The maximum absolute atomic E-state index is 13.0. The lowest BCUT2D eigenvalue weighted by Crippen LogP contribution is -2.57. The number of hydrogen-bond donors (Lipinski definition) is 1. The van der Waals surface area contributed by atoms with Crippen LogP contribution in [0.4, 0.5) is 0 Å². The summed E-state index contributed by atoms with van der Waals surface area (Å²) in [5, 5.41) is 10.4. The number of carbonyl (C=O) groups is 1. The molecule has 2 fully saturated rings. The number of carbonyl (C=O) groups excluding carboxylic acids is 1. The molecule has 152 valence electrons. The highest BCUT2D eigenvalue weighted by Crippen LogP contribution is 2.55. The molecule has 6 heteroatoms. The number of amides is 1. The average Bonchev–Trinajstić information content (AvgIpc) is 2.75. The van der Waals surface area contributed by atoms with Gasteiger partial charge in [0.1, 0.15) is 5.60 Å². The molecule has 3 aliphatic rings. The van der Waals surface area contributed by atoms with Crippen LogP contribution in [0, 0.1) is 12.8 Å². The third-order valence-electron chi connectivity index (χ3n) is 6.77. The largest absolute Gasteiger partial charge is 0.504 e. The number of hydrogen-bond acceptors (Lipinski definition) is 5. The van der Waals surface area contributed by atoms with Crippen molar-refractivity contribution in [3.8, 4) is 11.5 Å². The summed E-state index contributed by atoms with van der Waals surface area (Å²) in [6.07, 6.45) is 5.17. The van der Waals surface area contributed by atoms with E-state index in [2.05, 4.69) is 4.98 Å². The predicted molar refractivity (Wildman–Crippen MR) is 107 cm³/mol. The maximum Gasteiger partial charge on any atom is 0.255 e. The minimum Gasteiger partial charge on any atom is -0.504 e. The van der Waals surface area contributed by atoms with Crippen LogP contribution in [0.3, 0.4) is 0 Å². The normalized spacial score (nSPS) is 25.1. The highest BCUT2D eigenvalue weighted by molar-refractivity contribution is 5.95. The van der Waals surface area contributed by atoms with Crippen molar-refractivity contribution in [3.63, 3.8) is 0 Å². The van der Waals surface area contributed by atoms with E-state index in [0.29, 0.717) is 24.4 Å². The maximum atomic E-state index is 13.0. The fourth-order valence-corrected chi connectivity index (χ4v) is 5.22. The first-order valence-electron chi connectivity index (χ1n) is 10.4. The zero-order valence-corrected chi connectivity index (χ0v) is 16.6. The van der Waals surface area contributed by atoms with Crippen molar-refractivity contribution >= 4 is 5.91 Å². The van der Waals surface area contributed by atoms with Crippen molar-refractivity contribution < 1.29 is 19.4 Å². The Morgan fingerprint density at radius 1 is 1.24 bits per heavy atom. The average molecular weight is 394 g/mol. The summed E-state index contributed by atoms with van der Waals surface area (Å²) in [5.74, 6) is 0.987. The molecule has 0 unspecified atom stereocenters. The summed E-state index contributed by atoms with van der Waals surface area (Å²) in [6, 6.07) is 9.15. The van der Waals surface area contributed by atoms with Crippen molar-refractivity contribution in [2.45, 2.75) is 44.3 Å². The second-order valence-electron chi connectivity index (χ2n) is 8.33. The predicted octanol–water partition coefficient (Wildman–Crippen LogP) is 3.63. The van der Waals surface area contributed by atoms with E-state index < -0.39 is 5.60 Å². The van der Waals surface area contributed by atoms with Gasteiger partial charge in [-0.25, -0.2) is 0 Å². The van der Waals surface area contributed by atoms with Gasteiger partial charge in [-0.05, 0) is 38.0 Å². The van der Waals surface area contributed by atoms with E-state index in [1.54, 1.807) is 18.3 Å². The molecular formula is C23H26N2O4. The van der Waals surface area contributed by atoms with Gasteiger partial charge in [0.05, 0.1) is 11.7 Å². The molecule has 1 aromatic carbocycles. The Bertz CT molecular complexity index is 936. The summed E-state index contributed by atoms with van der Waals surface area (Å²) in [7, 11) is 0. The summed E-state index contributed by atoms with van der Waals surface area (Å²) in [6.45, 7) is 3.85. The minimum atomic E-state index is -0.405. The SMILES string of the molecule is Cc1ncccc1C(=O)N1CCC2(CC1)Oc1c(O)cccc1[C@H]1OCCC[C@@H]12. The molecule has 4 heterocycles. The number of benzene rings is 1. The molecule has 2 saturated heterocycles. The third-order valence-corrected chi connectivity index (χ3v) is 6.77. The molecule has 0 aliphatic carbocycles. The quantitative estimate of drug-likeness (QED) is 0.800. The fourth-order valence-electron chi connectivity index (χ4n) is 5.22. The van der Waals surface area contributed by atoms with E-state index >= 15 is 0 Å². The Labute approximate surface area is 170 Å². The van der Waals surface area contributed by atoms with Gasteiger partial charge in [-0.15, -0.1) is 0 Å². The van der Waals surface area contributed by atoms with Gasteiger partial charge in [-0.1, -0.05) is 12.1 Å². The van der Waals surface area contributed by atoms with Gasteiger partial charge in [-0.3, -0.25) is 9.78 Å². The molecule has 0 bridgehead atoms. The number of fused-ring (bicyclic) bond motifs is 4. The second kappa shape index (κ2) is 7.02. The number of likely N-dealkylation sites (tertiary alicyclic amines) is 1. The van der Waals surface area contributed by atoms with Gasteiger partial charge in [0, 0.05) is 55.9 Å². The van der Waals surface area contributed by atoms with Crippen LogP contribution in [0.2, 0.25) is 0 Å². The molecule has 1 spiro atoms. The monoisotopic (exact) mass is 394 g/mol. The van der Waals surface area contributed by atoms with E-state index in [1.165, 1.54) is 0 Å². The summed E-state index contributed by atoms with van der Waals surface area (Å²) in [4.78, 5) is 19.2. The molecule has 2 atom stereocenters. The van der Waals surface area contributed by atoms with Crippen LogP contribution in [0.15, 0.2) is 36.5 Å². The summed E-state index contributed by atoms with van der Waals surface area (Å²) in [5.41, 5.74) is 1.96. The van der Waals surface area contributed by atoms with E-state index in [1.807, 2.05) is 30.0 Å². The van der Waals surface area contributed by atoms with Crippen molar-refractivity contribution in [2.24, 2.45) is 5.92 Å². The van der Waals surface area contributed by atoms with Crippen LogP contribution in [0.25, 0.3) is 0 Å². The highest BCUT2D eigenvalue weighted by Gasteiger charge is 2.53. The van der Waals surface area contributed by atoms with Crippen LogP contribution in [-0.2, 0) is 4.74 Å². The van der Waals surface area contributed by atoms with Crippen LogP contribution >= 0.6 is 0 Å². The summed E-state index contributed by atoms with van der Waals surface area (Å²) < 4.78 is 12.7. The van der Waals surface area contributed by atoms with Gasteiger partial charge >= 0.3 is 0 Å². The van der Waals surface area contributed by atoms with Crippen molar-refractivity contribution in [3.05, 3.63) is 53.3 Å². The molecule has 1 aromatic heterocycles. The van der Waals surface area contributed by atoms with E-state index in [4.69, 9.17) is 9.47 Å². The molecule has 6 nitrogen and oxygen atoms in total. The summed E-state index contributed by atoms with van der Waals surface area (Å²) >= 11 is 0. The second-order valence-corrected chi connectivity index (χ2v) is 8.33. The van der Waals surface area contributed by atoms with E-state index in [9.17, 15) is 9.90 Å². The van der Waals surface area contributed by atoms with Gasteiger partial charge in [0.2, 0.25) is 0 Å². The topological polar surface area (TPSA) is 71.9 Å². The van der Waals surface area contributed by atoms with Crippen LogP contribution < -0.4 is 4.74 Å².